The second-order valence-electron chi connectivity index (χ2n) is 10.4. The number of pyridine rings is 1. The van der Waals surface area contributed by atoms with Crippen LogP contribution in [0.2, 0.25) is 0 Å². The van der Waals surface area contributed by atoms with Crippen LogP contribution in [0.1, 0.15) is 38.7 Å². The van der Waals surface area contributed by atoms with Gasteiger partial charge in [-0.05, 0) is 61.7 Å². The Balaban J connectivity index is 0.00000141. The van der Waals surface area contributed by atoms with E-state index in [1.807, 2.05) is 30.3 Å². The zero-order valence-electron chi connectivity index (χ0n) is 25.3. The van der Waals surface area contributed by atoms with Gasteiger partial charge in [0.25, 0.3) is 0 Å². The van der Waals surface area contributed by atoms with Crippen molar-refractivity contribution in [2.24, 2.45) is 5.92 Å². The van der Waals surface area contributed by atoms with E-state index in [2.05, 4.69) is 34.8 Å². The molecule has 10 heteroatoms. The second-order valence-corrected chi connectivity index (χ2v) is 10.4. The molecule has 0 spiro atoms. The lowest BCUT2D eigenvalue weighted by molar-refractivity contribution is -0.136. The van der Waals surface area contributed by atoms with Crippen molar-refractivity contribution in [3.8, 4) is 23.0 Å². The Morgan fingerprint density at radius 1 is 0.932 bits per heavy atom. The SMILES string of the molecule is CCC.COc1cc2c(Oc3ccc(NC(=O)C(=O)NCc4ccccc4)cc3F)ccnc2cc1OCC1CCNCC1. The lowest BCUT2D eigenvalue weighted by atomic mass is 9.99. The van der Waals surface area contributed by atoms with Crippen molar-refractivity contribution in [1.82, 2.24) is 15.6 Å². The highest BCUT2D eigenvalue weighted by Gasteiger charge is 2.18. The van der Waals surface area contributed by atoms with E-state index in [9.17, 15) is 9.59 Å². The molecule has 1 aromatic heterocycles. The number of hydrogen-bond donors (Lipinski definition) is 3. The van der Waals surface area contributed by atoms with Crippen molar-refractivity contribution in [3.63, 3.8) is 0 Å². The number of halogens is 1. The molecule has 0 aliphatic carbocycles. The zero-order chi connectivity index (χ0) is 31.3. The van der Waals surface area contributed by atoms with Gasteiger partial charge in [0, 0.05) is 35.9 Å². The number of ether oxygens (including phenoxy) is 3. The molecule has 2 amide bonds. The molecule has 0 radical (unpaired) electrons. The minimum atomic E-state index is -0.903. The number of nitrogens with one attached hydrogen (secondary N) is 3. The van der Waals surface area contributed by atoms with E-state index in [4.69, 9.17) is 14.2 Å². The molecule has 3 aromatic carbocycles. The summed E-state index contributed by atoms with van der Waals surface area (Å²) >= 11 is 0. The molecule has 1 aliphatic rings. The van der Waals surface area contributed by atoms with Crippen LogP contribution in [0, 0.1) is 11.7 Å². The maximum Gasteiger partial charge on any atom is 0.313 e. The molecule has 3 N–H and O–H groups in total. The van der Waals surface area contributed by atoms with E-state index in [1.54, 1.807) is 31.5 Å². The molecular weight excluding hydrogens is 563 g/mol. The van der Waals surface area contributed by atoms with Gasteiger partial charge in [0.05, 0.1) is 19.2 Å². The number of aromatic nitrogens is 1. The molecule has 0 saturated carbocycles. The summed E-state index contributed by atoms with van der Waals surface area (Å²) in [7, 11) is 1.56. The Bertz CT molecular complexity index is 1540. The average molecular weight is 603 g/mol. The molecule has 9 nitrogen and oxygen atoms in total. The quantitative estimate of drug-likeness (QED) is 0.195. The molecular formula is C34H39FN4O5. The summed E-state index contributed by atoms with van der Waals surface area (Å²) in [5.74, 6) is -0.561. The van der Waals surface area contributed by atoms with Gasteiger partial charge in [-0.25, -0.2) is 4.39 Å². The lowest BCUT2D eigenvalue weighted by Gasteiger charge is -2.23. The van der Waals surface area contributed by atoms with E-state index in [0.29, 0.717) is 40.7 Å². The number of methoxy groups -OCH3 is 1. The van der Waals surface area contributed by atoms with E-state index in [0.717, 1.165) is 37.6 Å². The molecule has 44 heavy (non-hydrogen) atoms. The van der Waals surface area contributed by atoms with Crippen LogP contribution in [0.15, 0.2) is 72.9 Å². The standard InChI is InChI=1S/C31H31FN4O5.C3H8/c1-39-28-16-23-25(17-29(28)40-19-21-9-12-33-13-10-21)34-14-11-26(23)41-27-8-7-22(15-24(27)32)36-31(38)30(37)35-18-20-5-3-2-4-6-20;1-3-2/h2-8,11,14-17,21,33H,9-10,12-13,18-19H2,1H3,(H,35,37)(H,36,38);3H2,1-2H3. The summed E-state index contributed by atoms with van der Waals surface area (Å²) < 4.78 is 32.6. The van der Waals surface area contributed by atoms with Gasteiger partial charge < -0.3 is 30.2 Å². The summed E-state index contributed by atoms with van der Waals surface area (Å²) in [6.07, 6.45) is 4.94. The Kier molecular flexibility index (Phi) is 11.9. The minimum absolute atomic E-state index is 0.0609. The van der Waals surface area contributed by atoms with Crippen molar-refractivity contribution < 1.29 is 28.2 Å². The smallest absolute Gasteiger partial charge is 0.313 e. The van der Waals surface area contributed by atoms with Crippen LogP contribution < -0.4 is 30.2 Å². The van der Waals surface area contributed by atoms with Crippen molar-refractivity contribution >= 4 is 28.4 Å². The predicted octanol–water partition coefficient (Wildman–Crippen LogP) is 6.22. The summed E-state index contributed by atoms with van der Waals surface area (Å²) in [6, 6.07) is 18.3. The normalized spacial score (nSPS) is 12.9. The Labute approximate surface area is 257 Å². The molecule has 0 unspecified atom stereocenters. The fourth-order valence-electron chi connectivity index (χ4n) is 4.57. The first-order chi connectivity index (χ1) is 21.4. The van der Waals surface area contributed by atoms with Crippen LogP contribution >= 0.6 is 0 Å². The third-order valence-electron chi connectivity index (χ3n) is 6.83. The Morgan fingerprint density at radius 3 is 2.39 bits per heavy atom. The number of anilines is 1. The van der Waals surface area contributed by atoms with Crippen LogP contribution in [0.3, 0.4) is 0 Å². The van der Waals surface area contributed by atoms with Crippen LogP contribution in [0.5, 0.6) is 23.0 Å². The number of benzene rings is 3. The van der Waals surface area contributed by atoms with Gasteiger partial charge in [-0.3, -0.25) is 14.6 Å². The van der Waals surface area contributed by atoms with E-state index in [-0.39, 0.29) is 18.0 Å². The number of carbonyl (C=O) groups excluding carboxylic acids is 2. The lowest BCUT2D eigenvalue weighted by Crippen LogP contribution is -2.34. The molecule has 1 aliphatic heterocycles. The predicted molar refractivity (Wildman–Crippen MR) is 169 cm³/mol. The molecule has 5 rings (SSSR count). The average Bonchev–Trinajstić information content (AvgIpc) is 3.05. The summed E-state index contributed by atoms with van der Waals surface area (Å²) in [4.78, 5) is 28.9. The summed E-state index contributed by atoms with van der Waals surface area (Å²) in [6.45, 7) is 7.01. The Morgan fingerprint density at radius 2 is 1.68 bits per heavy atom. The van der Waals surface area contributed by atoms with Gasteiger partial charge in [0.15, 0.2) is 23.1 Å². The molecule has 0 atom stereocenters. The van der Waals surface area contributed by atoms with Crippen LogP contribution in [-0.2, 0) is 16.1 Å². The van der Waals surface area contributed by atoms with Gasteiger partial charge in [0.1, 0.15) is 5.75 Å². The van der Waals surface area contributed by atoms with E-state index < -0.39 is 17.6 Å². The largest absolute Gasteiger partial charge is 0.493 e. The third-order valence-corrected chi connectivity index (χ3v) is 6.83. The molecule has 232 valence electrons. The number of amides is 2. The summed E-state index contributed by atoms with van der Waals surface area (Å²) in [5.41, 5.74) is 1.57. The molecule has 1 fully saturated rings. The van der Waals surface area contributed by atoms with E-state index >= 15 is 4.39 Å². The number of carbonyl (C=O) groups is 2. The first-order valence-corrected chi connectivity index (χ1v) is 14.8. The minimum Gasteiger partial charge on any atom is -0.493 e. The maximum absolute atomic E-state index is 15.0. The summed E-state index contributed by atoms with van der Waals surface area (Å²) in [5, 5.41) is 8.91. The number of hydrogen-bond acceptors (Lipinski definition) is 7. The van der Waals surface area contributed by atoms with Gasteiger partial charge in [0.2, 0.25) is 0 Å². The van der Waals surface area contributed by atoms with Gasteiger partial charge in [-0.2, -0.15) is 0 Å². The van der Waals surface area contributed by atoms with Gasteiger partial charge in [-0.15, -0.1) is 0 Å². The van der Waals surface area contributed by atoms with E-state index in [1.165, 1.54) is 18.6 Å². The number of fused-ring (bicyclic) bond motifs is 1. The van der Waals surface area contributed by atoms with Crippen molar-refractivity contribution in [3.05, 3.63) is 84.3 Å². The van der Waals surface area contributed by atoms with Crippen LogP contribution in [0.4, 0.5) is 10.1 Å². The van der Waals surface area contributed by atoms with Gasteiger partial charge >= 0.3 is 11.8 Å². The molecule has 1 saturated heterocycles. The fourth-order valence-corrected chi connectivity index (χ4v) is 4.57. The van der Waals surface area contributed by atoms with Crippen LogP contribution in [-0.4, -0.2) is 43.6 Å². The molecule has 0 bridgehead atoms. The highest BCUT2D eigenvalue weighted by Crippen LogP contribution is 2.38. The fraction of sp³-hybridized carbons (Fsp3) is 0.324. The molecule has 2 heterocycles. The number of nitrogens with zero attached hydrogens (tertiary/aromatic N) is 1. The highest BCUT2D eigenvalue weighted by atomic mass is 19.1. The Hall–Kier alpha value is -4.70. The van der Waals surface area contributed by atoms with Crippen molar-refractivity contribution in [2.75, 3.05) is 32.1 Å². The first kappa shape index (κ1) is 32.2. The highest BCUT2D eigenvalue weighted by molar-refractivity contribution is 6.39. The number of rotatable bonds is 9. The first-order valence-electron chi connectivity index (χ1n) is 14.8. The monoisotopic (exact) mass is 602 g/mol. The van der Waals surface area contributed by atoms with Crippen molar-refractivity contribution in [2.45, 2.75) is 39.7 Å². The third kappa shape index (κ3) is 8.90. The van der Waals surface area contributed by atoms with Crippen molar-refractivity contribution in [1.29, 1.82) is 0 Å². The zero-order valence-corrected chi connectivity index (χ0v) is 25.3. The topological polar surface area (TPSA) is 111 Å². The number of piperidine rings is 1. The molecule has 4 aromatic rings. The van der Waals surface area contributed by atoms with Crippen LogP contribution in [0.25, 0.3) is 10.9 Å². The maximum atomic E-state index is 15.0. The second kappa shape index (κ2) is 16.2. The van der Waals surface area contributed by atoms with Gasteiger partial charge in [-0.1, -0.05) is 50.6 Å².